The van der Waals surface area contributed by atoms with E-state index in [-0.39, 0.29) is 5.91 Å². The molecular weight excluding hydrogens is 216 g/mol. The molecule has 1 aromatic rings. The van der Waals surface area contributed by atoms with Gasteiger partial charge in [0.05, 0.1) is 6.61 Å². The second kappa shape index (κ2) is 7.81. The van der Waals surface area contributed by atoms with E-state index in [1.807, 2.05) is 18.2 Å². The van der Waals surface area contributed by atoms with Gasteiger partial charge in [0.15, 0.2) is 0 Å². The zero-order valence-electron chi connectivity index (χ0n) is 10.5. The molecule has 0 heterocycles. The molecule has 2 N–H and O–H groups in total. The van der Waals surface area contributed by atoms with Crippen molar-refractivity contribution in [2.24, 2.45) is 0 Å². The summed E-state index contributed by atoms with van der Waals surface area (Å²) in [5, 5.41) is 6.06. The van der Waals surface area contributed by atoms with Crippen molar-refractivity contribution in [2.75, 3.05) is 32.1 Å². The lowest BCUT2D eigenvalue weighted by Crippen LogP contribution is -2.21. The number of methoxy groups -OCH3 is 1. The fourth-order valence-electron chi connectivity index (χ4n) is 1.54. The van der Waals surface area contributed by atoms with Crippen molar-refractivity contribution in [1.82, 2.24) is 5.32 Å². The van der Waals surface area contributed by atoms with E-state index in [1.54, 1.807) is 7.11 Å². The molecule has 0 radical (unpaired) electrons. The van der Waals surface area contributed by atoms with Crippen LogP contribution in [0.25, 0.3) is 0 Å². The van der Waals surface area contributed by atoms with Gasteiger partial charge in [0.25, 0.3) is 0 Å². The average Bonchev–Trinajstić information content (AvgIpc) is 2.28. The van der Waals surface area contributed by atoms with Crippen LogP contribution in [0.1, 0.15) is 12.5 Å². The molecule has 1 rings (SSSR count). The first kappa shape index (κ1) is 13.7. The fourth-order valence-corrected chi connectivity index (χ4v) is 1.54. The Bertz CT molecular complexity index is 353. The minimum Gasteiger partial charge on any atom is -0.383 e. The van der Waals surface area contributed by atoms with Gasteiger partial charge < -0.3 is 15.4 Å². The van der Waals surface area contributed by atoms with Crippen molar-refractivity contribution >= 4 is 11.6 Å². The van der Waals surface area contributed by atoms with E-state index in [2.05, 4.69) is 16.7 Å². The third-order valence-electron chi connectivity index (χ3n) is 2.32. The summed E-state index contributed by atoms with van der Waals surface area (Å²) in [4.78, 5) is 10.9. The number of amides is 1. The zero-order chi connectivity index (χ0) is 12.5. The van der Waals surface area contributed by atoms with E-state index in [0.29, 0.717) is 0 Å². The van der Waals surface area contributed by atoms with Gasteiger partial charge in [-0.25, -0.2) is 0 Å². The van der Waals surface area contributed by atoms with Gasteiger partial charge in [-0.15, -0.1) is 0 Å². The molecule has 0 bridgehead atoms. The first-order valence-corrected chi connectivity index (χ1v) is 5.78. The molecule has 0 atom stereocenters. The standard InChI is InChI=1S/C13H20N2O2/c1-11(16)15-13-5-3-4-12(10-13)6-7-14-8-9-17-2/h3-5,10,14H,6-9H2,1-2H3,(H,15,16). The zero-order valence-corrected chi connectivity index (χ0v) is 10.5. The minimum atomic E-state index is -0.0413. The van der Waals surface area contributed by atoms with E-state index < -0.39 is 0 Å². The van der Waals surface area contributed by atoms with Gasteiger partial charge in [-0.1, -0.05) is 12.1 Å². The molecule has 4 heteroatoms. The highest BCUT2D eigenvalue weighted by Crippen LogP contribution is 2.10. The summed E-state index contributed by atoms with van der Waals surface area (Å²) in [5.41, 5.74) is 2.06. The molecule has 0 unspecified atom stereocenters. The van der Waals surface area contributed by atoms with E-state index in [4.69, 9.17) is 4.74 Å². The molecule has 0 aromatic heterocycles. The summed E-state index contributed by atoms with van der Waals surface area (Å²) in [7, 11) is 1.69. The number of benzene rings is 1. The van der Waals surface area contributed by atoms with Gasteiger partial charge in [-0.3, -0.25) is 4.79 Å². The molecule has 0 fully saturated rings. The van der Waals surface area contributed by atoms with Gasteiger partial charge >= 0.3 is 0 Å². The van der Waals surface area contributed by atoms with E-state index in [0.717, 1.165) is 31.8 Å². The Morgan fingerprint density at radius 2 is 2.18 bits per heavy atom. The quantitative estimate of drug-likeness (QED) is 0.704. The maximum absolute atomic E-state index is 10.9. The molecule has 1 amide bonds. The summed E-state index contributed by atoms with van der Waals surface area (Å²) in [6, 6.07) is 7.90. The van der Waals surface area contributed by atoms with Crippen LogP contribution in [0.4, 0.5) is 5.69 Å². The van der Waals surface area contributed by atoms with Gasteiger partial charge in [-0.2, -0.15) is 0 Å². The van der Waals surface area contributed by atoms with Gasteiger partial charge in [0, 0.05) is 26.3 Å². The van der Waals surface area contributed by atoms with Crippen LogP contribution in [-0.4, -0.2) is 32.7 Å². The van der Waals surface area contributed by atoms with Crippen molar-refractivity contribution in [2.45, 2.75) is 13.3 Å². The number of hydrogen-bond donors (Lipinski definition) is 2. The Morgan fingerprint density at radius 3 is 2.88 bits per heavy atom. The van der Waals surface area contributed by atoms with Crippen molar-refractivity contribution in [3.63, 3.8) is 0 Å². The van der Waals surface area contributed by atoms with Crippen molar-refractivity contribution in [1.29, 1.82) is 0 Å². The maximum Gasteiger partial charge on any atom is 0.221 e. The number of nitrogens with one attached hydrogen (secondary N) is 2. The van der Waals surface area contributed by atoms with E-state index in [9.17, 15) is 4.79 Å². The average molecular weight is 236 g/mol. The molecule has 0 aliphatic carbocycles. The fraction of sp³-hybridized carbons (Fsp3) is 0.462. The molecule has 0 saturated heterocycles. The monoisotopic (exact) mass is 236 g/mol. The Morgan fingerprint density at radius 1 is 1.35 bits per heavy atom. The van der Waals surface area contributed by atoms with Crippen LogP contribution in [0.2, 0.25) is 0 Å². The smallest absolute Gasteiger partial charge is 0.221 e. The van der Waals surface area contributed by atoms with Crippen LogP contribution < -0.4 is 10.6 Å². The first-order chi connectivity index (χ1) is 8.22. The van der Waals surface area contributed by atoms with Crippen LogP contribution in [0.15, 0.2) is 24.3 Å². The Hall–Kier alpha value is -1.39. The Kier molecular flexibility index (Phi) is 6.29. The molecule has 17 heavy (non-hydrogen) atoms. The molecule has 0 aliphatic heterocycles. The minimum absolute atomic E-state index is 0.0413. The van der Waals surface area contributed by atoms with Crippen LogP contribution in [0, 0.1) is 0 Å². The molecule has 0 spiro atoms. The highest BCUT2D eigenvalue weighted by Gasteiger charge is 1.97. The summed E-state index contributed by atoms with van der Waals surface area (Å²) >= 11 is 0. The summed E-state index contributed by atoms with van der Waals surface area (Å²) < 4.78 is 4.95. The third kappa shape index (κ3) is 6.04. The molecule has 94 valence electrons. The molecule has 4 nitrogen and oxygen atoms in total. The van der Waals surface area contributed by atoms with E-state index >= 15 is 0 Å². The number of carbonyl (C=O) groups excluding carboxylic acids is 1. The number of carbonyl (C=O) groups is 1. The van der Waals surface area contributed by atoms with Gasteiger partial charge in [0.1, 0.15) is 0 Å². The third-order valence-corrected chi connectivity index (χ3v) is 2.32. The lowest BCUT2D eigenvalue weighted by Gasteiger charge is -2.07. The molecule has 0 saturated carbocycles. The summed E-state index contributed by atoms with van der Waals surface area (Å²) in [5.74, 6) is -0.0413. The second-order valence-corrected chi connectivity index (χ2v) is 3.87. The number of ether oxygens (including phenoxy) is 1. The normalized spacial score (nSPS) is 10.2. The maximum atomic E-state index is 10.9. The van der Waals surface area contributed by atoms with Crippen LogP contribution in [-0.2, 0) is 16.0 Å². The van der Waals surface area contributed by atoms with Gasteiger partial charge in [-0.05, 0) is 30.7 Å². The van der Waals surface area contributed by atoms with Crippen LogP contribution in [0.3, 0.4) is 0 Å². The predicted octanol–water partition coefficient (Wildman–Crippen LogP) is 1.42. The summed E-state index contributed by atoms with van der Waals surface area (Å²) in [6.07, 6.45) is 0.942. The lowest BCUT2D eigenvalue weighted by molar-refractivity contribution is -0.114. The largest absolute Gasteiger partial charge is 0.383 e. The number of rotatable bonds is 7. The molecule has 0 aliphatic rings. The predicted molar refractivity (Wildman–Crippen MR) is 69.2 cm³/mol. The van der Waals surface area contributed by atoms with Crippen LogP contribution in [0.5, 0.6) is 0 Å². The SMILES string of the molecule is COCCNCCc1cccc(NC(C)=O)c1. The van der Waals surface area contributed by atoms with E-state index in [1.165, 1.54) is 12.5 Å². The highest BCUT2D eigenvalue weighted by atomic mass is 16.5. The Balaban J connectivity index is 2.35. The lowest BCUT2D eigenvalue weighted by atomic mass is 10.1. The topological polar surface area (TPSA) is 50.4 Å². The van der Waals surface area contributed by atoms with Crippen LogP contribution >= 0.6 is 0 Å². The molecular formula is C13H20N2O2. The van der Waals surface area contributed by atoms with Crippen molar-refractivity contribution < 1.29 is 9.53 Å². The summed E-state index contributed by atoms with van der Waals surface area (Å²) in [6.45, 7) is 4.01. The van der Waals surface area contributed by atoms with Gasteiger partial charge in [0.2, 0.25) is 5.91 Å². The highest BCUT2D eigenvalue weighted by molar-refractivity contribution is 5.88. The molecule has 1 aromatic carbocycles. The van der Waals surface area contributed by atoms with Crippen molar-refractivity contribution in [3.05, 3.63) is 29.8 Å². The first-order valence-electron chi connectivity index (χ1n) is 5.78. The second-order valence-electron chi connectivity index (χ2n) is 3.87. The Labute approximate surface area is 102 Å². The number of hydrogen-bond acceptors (Lipinski definition) is 3. The number of anilines is 1. The van der Waals surface area contributed by atoms with Crippen molar-refractivity contribution in [3.8, 4) is 0 Å².